The molecule has 120 valence electrons. The van der Waals surface area contributed by atoms with Gasteiger partial charge in [0, 0.05) is 11.1 Å². The standard InChI is InChI=1S/C16H22ClN3O2/c1-11(12-3-5-13(17)6-4-12)18-15(21)9-20(2)10-16(22)19-14-7-8-14/h3-6,11,14H,7-10H2,1-2H3,(H,18,21)(H,19,22)/t11-/m0/s1. The van der Waals surface area contributed by atoms with E-state index in [2.05, 4.69) is 10.6 Å². The molecular weight excluding hydrogens is 302 g/mol. The Morgan fingerprint density at radius 2 is 1.82 bits per heavy atom. The quantitative estimate of drug-likeness (QED) is 0.803. The minimum atomic E-state index is -0.107. The lowest BCUT2D eigenvalue weighted by molar-refractivity contribution is -0.125. The number of carbonyl (C=O) groups excluding carboxylic acids is 2. The highest BCUT2D eigenvalue weighted by Gasteiger charge is 2.23. The fourth-order valence-corrected chi connectivity index (χ4v) is 2.30. The van der Waals surface area contributed by atoms with Crippen LogP contribution in [0.4, 0.5) is 0 Å². The van der Waals surface area contributed by atoms with Crippen molar-refractivity contribution in [1.82, 2.24) is 15.5 Å². The number of nitrogens with one attached hydrogen (secondary N) is 2. The smallest absolute Gasteiger partial charge is 0.234 e. The molecule has 0 spiro atoms. The number of benzene rings is 1. The largest absolute Gasteiger partial charge is 0.352 e. The molecule has 2 rings (SSSR count). The Hall–Kier alpha value is -1.59. The van der Waals surface area contributed by atoms with E-state index in [0.717, 1.165) is 18.4 Å². The van der Waals surface area contributed by atoms with Crippen LogP contribution in [0.25, 0.3) is 0 Å². The van der Waals surface area contributed by atoms with E-state index in [1.54, 1.807) is 24.1 Å². The van der Waals surface area contributed by atoms with Crippen LogP contribution in [-0.4, -0.2) is 42.9 Å². The second-order valence-corrected chi connectivity index (χ2v) is 6.29. The Bertz CT molecular complexity index is 529. The molecule has 1 aliphatic rings. The number of amides is 2. The van der Waals surface area contributed by atoms with E-state index >= 15 is 0 Å². The number of hydrogen-bond donors (Lipinski definition) is 2. The Labute approximate surface area is 136 Å². The maximum absolute atomic E-state index is 12.0. The summed E-state index contributed by atoms with van der Waals surface area (Å²) in [6.45, 7) is 2.34. The molecule has 1 aromatic rings. The molecule has 22 heavy (non-hydrogen) atoms. The number of nitrogens with zero attached hydrogens (tertiary/aromatic N) is 1. The van der Waals surface area contributed by atoms with Crippen LogP contribution in [0.15, 0.2) is 24.3 Å². The van der Waals surface area contributed by atoms with Crippen molar-refractivity contribution in [2.75, 3.05) is 20.1 Å². The monoisotopic (exact) mass is 323 g/mol. The first-order valence-corrected chi connectivity index (χ1v) is 7.84. The second-order valence-electron chi connectivity index (χ2n) is 5.85. The van der Waals surface area contributed by atoms with Crippen LogP contribution in [0.2, 0.25) is 5.02 Å². The summed E-state index contributed by atoms with van der Waals surface area (Å²) in [5.74, 6) is -0.132. The first-order chi connectivity index (χ1) is 10.4. The molecule has 0 bridgehead atoms. The van der Waals surface area contributed by atoms with Crippen molar-refractivity contribution in [1.29, 1.82) is 0 Å². The highest BCUT2D eigenvalue weighted by molar-refractivity contribution is 6.30. The van der Waals surface area contributed by atoms with Gasteiger partial charge in [-0.05, 0) is 44.5 Å². The third-order valence-corrected chi connectivity index (χ3v) is 3.77. The Morgan fingerprint density at radius 1 is 1.23 bits per heavy atom. The Morgan fingerprint density at radius 3 is 2.41 bits per heavy atom. The van der Waals surface area contributed by atoms with Crippen LogP contribution in [0, 0.1) is 0 Å². The van der Waals surface area contributed by atoms with Gasteiger partial charge in [0.15, 0.2) is 0 Å². The summed E-state index contributed by atoms with van der Waals surface area (Å²) in [5, 5.41) is 6.49. The average Bonchev–Trinajstić information content (AvgIpc) is 3.22. The normalized spacial score (nSPS) is 15.5. The number of rotatable bonds is 7. The van der Waals surface area contributed by atoms with Crippen molar-refractivity contribution in [2.45, 2.75) is 31.8 Å². The van der Waals surface area contributed by atoms with E-state index in [1.165, 1.54) is 0 Å². The van der Waals surface area contributed by atoms with E-state index < -0.39 is 0 Å². The summed E-state index contributed by atoms with van der Waals surface area (Å²) >= 11 is 5.85. The van der Waals surface area contributed by atoms with Crippen molar-refractivity contribution < 1.29 is 9.59 Å². The van der Waals surface area contributed by atoms with Crippen LogP contribution < -0.4 is 10.6 Å². The molecule has 1 atom stereocenters. The highest BCUT2D eigenvalue weighted by atomic mass is 35.5. The molecule has 2 N–H and O–H groups in total. The summed E-state index contributed by atoms with van der Waals surface area (Å²) < 4.78 is 0. The van der Waals surface area contributed by atoms with Gasteiger partial charge in [-0.3, -0.25) is 14.5 Å². The molecule has 0 unspecified atom stereocenters. The summed E-state index contributed by atoms with van der Waals surface area (Å²) in [7, 11) is 1.76. The van der Waals surface area contributed by atoms with Gasteiger partial charge < -0.3 is 10.6 Å². The molecule has 1 fully saturated rings. The molecule has 1 aliphatic carbocycles. The van der Waals surface area contributed by atoms with E-state index in [-0.39, 0.29) is 30.9 Å². The molecule has 0 radical (unpaired) electrons. The van der Waals surface area contributed by atoms with E-state index in [4.69, 9.17) is 11.6 Å². The predicted molar refractivity (Wildman–Crippen MR) is 86.7 cm³/mol. The Kier molecular flexibility index (Phi) is 5.80. The van der Waals surface area contributed by atoms with Crippen LogP contribution in [-0.2, 0) is 9.59 Å². The SMILES string of the molecule is C[C@H](NC(=O)CN(C)CC(=O)NC1CC1)c1ccc(Cl)cc1. The van der Waals surface area contributed by atoms with E-state index in [1.807, 2.05) is 19.1 Å². The van der Waals surface area contributed by atoms with Gasteiger partial charge in [-0.1, -0.05) is 23.7 Å². The van der Waals surface area contributed by atoms with Gasteiger partial charge in [-0.15, -0.1) is 0 Å². The minimum Gasteiger partial charge on any atom is -0.352 e. The topological polar surface area (TPSA) is 61.4 Å². The van der Waals surface area contributed by atoms with Crippen molar-refractivity contribution in [3.05, 3.63) is 34.9 Å². The lowest BCUT2D eigenvalue weighted by Crippen LogP contribution is -2.41. The van der Waals surface area contributed by atoms with Crippen molar-refractivity contribution in [3.63, 3.8) is 0 Å². The maximum atomic E-state index is 12.0. The summed E-state index contributed by atoms with van der Waals surface area (Å²) in [4.78, 5) is 25.4. The summed E-state index contributed by atoms with van der Waals surface area (Å²) in [6.07, 6.45) is 2.13. The van der Waals surface area contributed by atoms with Crippen LogP contribution in [0.1, 0.15) is 31.4 Å². The lowest BCUT2D eigenvalue weighted by Gasteiger charge is -2.19. The zero-order valence-electron chi connectivity index (χ0n) is 12.9. The van der Waals surface area contributed by atoms with Gasteiger partial charge in [0.25, 0.3) is 0 Å². The molecule has 2 amide bonds. The van der Waals surface area contributed by atoms with Gasteiger partial charge in [0.05, 0.1) is 19.1 Å². The molecule has 0 aliphatic heterocycles. The molecule has 0 aromatic heterocycles. The molecule has 1 aromatic carbocycles. The molecule has 1 saturated carbocycles. The molecule has 6 heteroatoms. The van der Waals surface area contributed by atoms with Gasteiger partial charge in [0.1, 0.15) is 0 Å². The first kappa shape index (κ1) is 16.8. The number of halogens is 1. The van der Waals surface area contributed by atoms with Crippen molar-refractivity contribution in [2.24, 2.45) is 0 Å². The van der Waals surface area contributed by atoms with Crippen LogP contribution >= 0.6 is 11.6 Å². The molecule has 5 nitrogen and oxygen atoms in total. The predicted octanol–water partition coefficient (Wildman–Crippen LogP) is 1.73. The number of carbonyl (C=O) groups is 2. The van der Waals surface area contributed by atoms with E-state index in [0.29, 0.717) is 11.1 Å². The summed E-state index contributed by atoms with van der Waals surface area (Å²) in [5.41, 5.74) is 0.992. The minimum absolute atomic E-state index is 0.0245. The van der Waals surface area contributed by atoms with Gasteiger partial charge >= 0.3 is 0 Å². The first-order valence-electron chi connectivity index (χ1n) is 7.47. The second kappa shape index (κ2) is 7.61. The molecular formula is C16H22ClN3O2. The zero-order valence-corrected chi connectivity index (χ0v) is 13.7. The Balaban J connectivity index is 1.73. The van der Waals surface area contributed by atoms with Crippen molar-refractivity contribution in [3.8, 4) is 0 Å². The van der Waals surface area contributed by atoms with Crippen molar-refractivity contribution >= 4 is 23.4 Å². The fraction of sp³-hybridized carbons (Fsp3) is 0.500. The average molecular weight is 324 g/mol. The maximum Gasteiger partial charge on any atom is 0.234 e. The van der Waals surface area contributed by atoms with E-state index in [9.17, 15) is 9.59 Å². The number of likely N-dealkylation sites (N-methyl/N-ethyl adjacent to an activating group) is 1. The van der Waals surface area contributed by atoms with Gasteiger partial charge in [-0.25, -0.2) is 0 Å². The van der Waals surface area contributed by atoms with Crippen LogP contribution in [0.5, 0.6) is 0 Å². The fourth-order valence-electron chi connectivity index (χ4n) is 2.17. The summed E-state index contributed by atoms with van der Waals surface area (Å²) in [6, 6.07) is 7.63. The zero-order chi connectivity index (χ0) is 16.1. The molecule has 0 heterocycles. The van der Waals surface area contributed by atoms with Crippen LogP contribution in [0.3, 0.4) is 0 Å². The number of hydrogen-bond acceptors (Lipinski definition) is 3. The third kappa shape index (κ3) is 5.66. The van der Waals surface area contributed by atoms with Gasteiger partial charge in [-0.2, -0.15) is 0 Å². The highest BCUT2D eigenvalue weighted by Crippen LogP contribution is 2.18. The molecule has 0 saturated heterocycles. The van der Waals surface area contributed by atoms with Gasteiger partial charge in [0.2, 0.25) is 11.8 Å². The lowest BCUT2D eigenvalue weighted by atomic mass is 10.1. The third-order valence-electron chi connectivity index (χ3n) is 3.52.